The Kier molecular flexibility index (Phi) is 4.26. The number of benzene rings is 1. The Labute approximate surface area is 127 Å². The molecule has 0 N–H and O–H groups in total. The smallest absolute Gasteiger partial charge is 0.147 e. The predicted octanol–water partition coefficient (Wildman–Crippen LogP) is 5.15. The number of nitrogens with zero attached hydrogens (tertiary/aromatic N) is 2. The third kappa shape index (κ3) is 3.77. The van der Waals surface area contributed by atoms with Crippen LogP contribution in [-0.4, -0.2) is 9.97 Å². The third-order valence-corrected chi connectivity index (χ3v) is 3.85. The largest absolute Gasteiger partial charge is 0.232 e. The van der Waals surface area contributed by atoms with Gasteiger partial charge >= 0.3 is 0 Å². The van der Waals surface area contributed by atoms with Gasteiger partial charge in [0, 0.05) is 12.0 Å². The maximum atomic E-state index is 6.20. The number of hydrogen-bond donors (Lipinski definition) is 0. The molecule has 2 aromatic rings. The van der Waals surface area contributed by atoms with E-state index < -0.39 is 0 Å². The van der Waals surface area contributed by atoms with E-state index in [0.29, 0.717) is 5.15 Å². The van der Waals surface area contributed by atoms with E-state index in [4.69, 9.17) is 11.6 Å². The molecule has 1 aromatic carbocycles. The summed E-state index contributed by atoms with van der Waals surface area (Å²) in [6, 6.07) is 9.99. The summed E-state index contributed by atoms with van der Waals surface area (Å²) >= 11 is 9.67. The van der Waals surface area contributed by atoms with Crippen molar-refractivity contribution in [1.82, 2.24) is 9.97 Å². The summed E-state index contributed by atoms with van der Waals surface area (Å²) in [6.07, 6.45) is 0.792. The highest BCUT2D eigenvalue weighted by atomic mass is 79.9. The molecule has 0 saturated heterocycles. The summed E-state index contributed by atoms with van der Waals surface area (Å²) in [5, 5.41) is 0.466. The number of aromatic nitrogens is 2. The van der Waals surface area contributed by atoms with Gasteiger partial charge in [-0.3, -0.25) is 0 Å². The molecule has 0 aliphatic carbocycles. The van der Waals surface area contributed by atoms with E-state index in [0.717, 1.165) is 28.0 Å². The second-order valence-corrected chi connectivity index (χ2v) is 6.85. The summed E-state index contributed by atoms with van der Waals surface area (Å²) in [6.45, 7) is 6.48. The highest BCUT2D eigenvalue weighted by Crippen LogP contribution is 2.32. The van der Waals surface area contributed by atoms with E-state index in [1.165, 1.54) is 0 Å². The Morgan fingerprint density at radius 2 is 1.74 bits per heavy atom. The Balaban J connectivity index is 2.49. The lowest BCUT2D eigenvalue weighted by atomic mass is 9.92. The van der Waals surface area contributed by atoms with E-state index in [2.05, 4.69) is 46.7 Å². The predicted molar refractivity (Wildman–Crippen MR) is 83.3 cm³/mol. The lowest BCUT2D eigenvalue weighted by molar-refractivity contribution is 0.400. The van der Waals surface area contributed by atoms with Gasteiger partial charge in [0.15, 0.2) is 0 Å². The molecule has 0 unspecified atom stereocenters. The molecule has 0 spiro atoms. The van der Waals surface area contributed by atoms with Gasteiger partial charge in [0.2, 0.25) is 0 Å². The van der Waals surface area contributed by atoms with Gasteiger partial charge in [0.1, 0.15) is 11.0 Å². The van der Waals surface area contributed by atoms with Crippen molar-refractivity contribution in [3.63, 3.8) is 0 Å². The van der Waals surface area contributed by atoms with E-state index >= 15 is 0 Å². The number of halogens is 2. The zero-order valence-corrected chi connectivity index (χ0v) is 13.6. The Bertz CT molecular complexity index is 577. The lowest BCUT2D eigenvalue weighted by Gasteiger charge is -2.17. The summed E-state index contributed by atoms with van der Waals surface area (Å²) in [5.74, 6) is 0.777. The molecule has 2 rings (SSSR count). The van der Waals surface area contributed by atoms with Crippen molar-refractivity contribution in [3.05, 3.63) is 45.8 Å². The molecule has 1 aromatic heterocycles. The topological polar surface area (TPSA) is 25.8 Å². The fourth-order valence-corrected chi connectivity index (χ4v) is 2.40. The van der Waals surface area contributed by atoms with E-state index in [9.17, 15) is 0 Å². The van der Waals surface area contributed by atoms with Crippen LogP contribution in [-0.2, 0) is 6.42 Å². The van der Waals surface area contributed by atoms with Crippen LogP contribution in [0.4, 0.5) is 0 Å². The van der Waals surface area contributed by atoms with Gasteiger partial charge in [-0.05, 0) is 21.3 Å². The van der Waals surface area contributed by atoms with Crippen molar-refractivity contribution < 1.29 is 0 Å². The van der Waals surface area contributed by atoms with Crippen LogP contribution in [0.1, 0.15) is 26.6 Å². The standard InChI is InChI=1S/C15H16BrClN2/c1-15(2,3)9-11-18-13(12(16)14(17)19-11)10-7-5-4-6-8-10/h4-8H,9H2,1-3H3. The minimum atomic E-state index is 0.130. The monoisotopic (exact) mass is 338 g/mol. The van der Waals surface area contributed by atoms with Crippen LogP contribution in [0.2, 0.25) is 5.15 Å². The van der Waals surface area contributed by atoms with Gasteiger partial charge in [0.05, 0.1) is 10.2 Å². The van der Waals surface area contributed by atoms with Gasteiger partial charge < -0.3 is 0 Å². The minimum Gasteiger partial charge on any atom is -0.232 e. The molecule has 0 atom stereocenters. The zero-order chi connectivity index (χ0) is 14.0. The van der Waals surface area contributed by atoms with E-state index in [1.54, 1.807) is 0 Å². The minimum absolute atomic E-state index is 0.130. The average Bonchev–Trinajstić information content (AvgIpc) is 2.33. The SMILES string of the molecule is CC(C)(C)Cc1nc(Cl)c(Br)c(-c2ccccc2)n1. The molecule has 4 heteroatoms. The number of hydrogen-bond acceptors (Lipinski definition) is 2. The summed E-state index contributed by atoms with van der Waals surface area (Å²) in [7, 11) is 0. The maximum Gasteiger partial charge on any atom is 0.147 e. The second-order valence-electron chi connectivity index (χ2n) is 5.70. The van der Waals surface area contributed by atoms with Crippen molar-refractivity contribution in [2.24, 2.45) is 5.41 Å². The third-order valence-electron chi connectivity index (χ3n) is 2.59. The van der Waals surface area contributed by atoms with Crippen molar-refractivity contribution in [1.29, 1.82) is 0 Å². The molecular formula is C15H16BrClN2. The van der Waals surface area contributed by atoms with Crippen LogP contribution in [0.3, 0.4) is 0 Å². The normalized spacial score (nSPS) is 11.6. The van der Waals surface area contributed by atoms with Crippen molar-refractivity contribution in [2.75, 3.05) is 0 Å². The highest BCUT2D eigenvalue weighted by molar-refractivity contribution is 9.10. The Morgan fingerprint density at radius 3 is 2.32 bits per heavy atom. The lowest BCUT2D eigenvalue weighted by Crippen LogP contribution is -2.12. The first-order valence-electron chi connectivity index (χ1n) is 6.14. The van der Waals surface area contributed by atoms with Crippen molar-refractivity contribution in [3.8, 4) is 11.3 Å². The molecule has 100 valence electrons. The molecule has 0 aliphatic rings. The average molecular weight is 340 g/mol. The van der Waals surface area contributed by atoms with Gasteiger partial charge in [-0.1, -0.05) is 62.7 Å². The quantitative estimate of drug-likeness (QED) is 0.707. The molecule has 0 saturated carbocycles. The van der Waals surface area contributed by atoms with Gasteiger partial charge in [-0.2, -0.15) is 0 Å². The fraction of sp³-hybridized carbons (Fsp3) is 0.333. The van der Waals surface area contributed by atoms with Crippen molar-refractivity contribution in [2.45, 2.75) is 27.2 Å². The van der Waals surface area contributed by atoms with Crippen LogP contribution in [0.5, 0.6) is 0 Å². The molecule has 0 aliphatic heterocycles. The van der Waals surface area contributed by atoms with Crippen LogP contribution in [0, 0.1) is 5.41 Å². The first-order chi connectivity index (χ1) is 8.87. The zero-order valence-electron chi connectivity index (χ0n) is 11.2. The van der Waals surface area contributed by atoms with Crippen LogP contribution in [0.25, 0.3) is 11.3 Å². The highest BCUT2D eigenvalue weighted by Gasteiger charge is 2.17. The molecular weight excluding hydrogens is 324 g/mol. The molecule has 19 heavy (non-hydrogen) atoms. The second kappa shape index (κ2) is 5.59. The van der Waals surface area contributed by atoms with Gasteiger partial charge in [0.25, 0.3) is 0 Å². The fourth-order valence-electron chi connectivity index (χ4n) is 1.80. The van der Waals surface area contributed by atoms with Crippen LogP contribution < -0.4 is 0 Å². The van der Waals surface area contributed by atoms with Gasteiger partial charge in [-0.15, -0.1) is 0 Å². The maximum absolute atomic E-state index is 6.20. The Hall–Kier alpha value is -0.930. The summed E-state index contributed by atoms with van der Waals surface area (Å²) in [5.41, 5.74) is 2.01. The van der Waals surface area contributed by atoms with E-state index in [-0.39, 0.29) is 5.41 Å². The first kappa shape index (κ1) is 14.5. The number of rotatable bonds is 2. The van der Waals surface area contributed by atoms with Crippen LogP contribution >= 0.6 is 27.5 Å². The molecule has 2 nitrogen and oxygen atoms in total. The molecule has 0 amide bonds. The van der Waals surface area contributed by atoms with E-state index in [1.807, 2.05) is 30.3 Å². The summed E-state index contributed by atoms with van der Waals surface area (Å²) in [4.78, 5) is 9.00. The first-order valence-corrected chi connectivity index (χ1v) is 7.31. The summed E-state index contributed by atoms with van der Waals surface area (Å²) < 4.78 is 0.748. The Morgan fingerprint density at radius 1 is 1.11 bits per heavy atom. The van der Waals surface area contributed by atoms with Crippen molar-refractivity contribution >= 4 is 27.5 Å². The molecule has 1 heterocycles. The molecule has 0 radical (unpaired) electrons. The van der Waals surface area contributed by atoms with Gasteiger partial charge in [-0.25, -0.2) is 9.97 Å². The molecule has 0 bridgehead atoms. The van der Waals surface area contributed by atoms with Crippen LogP contribution in [0.15, 0.2) is 34.8 Å². The molecule has 0 fully saturated rings.